The molecule has 1 aromatic heterocycles. The van der Waals surface area contributed by atoms with Crippen LogP contribution >= 0.6 is 0 Å². The van der Waals surface area contributed by atoms with Crippen LogP contribution in [0.3, 0.4) is 0 Å². The van der Waals surface area contributed by atoms with Crippen LogP contribution in [-0.2, 0) is 13.5 Å². The number of aryl methyl sites for hydroxylation is 2. The summed E-state index contributed by atoms with van der Waals surface area (Å²) in [5, 5.41) is 3.42. The second-order valence-corrected chi connectivity index (χ2v) is 5.12. The Morgan fingerprint density at radius 3 is 2.70 bits per heavy atom. The topological polar surface area (TPSA) is 29.9 Å². The van der Waals surface area contributed by atoms with Gasteiger partial charge in [-0.25, -0.2) is 4.98 Å². The highest BCUT2D eigenvalue weighted by atomic mass is 15.1. The van der Waals surface area contributed by atoms with Crippen molar-refractivity contribution in [2.75, 3.05) is 11.9 Å². The van der Waals surface area contributed by atoms with Gasteiger partial charge >= 0.3 is 0 Å². The first kappa shape index (κ1) is 12.7. The Labute approximate surface area is 119 Å². The van der Waals surface area contributed by atoms with E-state index < -0.39 is 0 Å². The number of aromatic nitrogens is 2. The Kier molecular flexibility index (Phi) is 3.42. The summed E-state index contributed by atoms with van der Waals surface area (Å²) in [6.45, 7) is 2.99. The number of nitrogens with zero attached hydrogens (tertiary/aromatic N) is 2. The van der Waals surface area contributed by atoms with Crippen molar-refractivity contribution in [1.82, 2.24) is 9.55 Å². The van der Waals surface area contributed by atoms with Gasteiger partial charge in [-0.1, -0.05) is 24.3 Å². The predicted octanol–water partition coefficient (Wildman–Crippen LogP) is 3.54. The fraction of sp³-hybridized carbons (Fsp3) is 0.235. The Morgan fingerprint density at radius 2 is 1.90 bits per heavy atom. The van der Waals surface area contributed by atoms with Gasteiger partial charge in [-0.3, -0.25) is 0 Å². The van der Waals surface area contributed by atoms with Crippen LogP contribution in [0.5, 0.6) is 0 Å². The number of rotatable bonds is 4. The molecule has 0 saturated heterocycles. The zero-order chi connectivity index (χ0) is 13.9. The van der Waals surface area contributed by atoms with Crippen LogP contribution in [0.4, 0.5) is 5.69 Å². The molecule has 20 heavy (non-hydrogen) atoms. The summed E-state index contributed by atoms with van der Waals surface area (Å²) in [7, 11) is 2.09. The molecule has 3 rings (SSSR count). The molecule has 0 bridgehead atoms. The quantitative estimate of drug-likeness (QED) is 0.782. The van der Waals surface area contributed by atoms with Crippen molar-refractivity contribution in [2.45, 2.75) is 13.3 Å². The molecular weight excluding hydrogens is 246 g/mol. The van der Waals surface area contributed by atoms with E-state index in [9.17, 15) is 0 Å². The number of imidazole rings is 1. The van der Waals surface area contributed by atoms with Gasteiger partial charge in [0.15, 0.2) is 0 Å². The summed E-state index contributed by atoms with van der Waals surface area (Å²) in [5.41, 5.74) is 4.69. The highest BCUT2D eigenvalue weighted by Crippen LogP contribution is 2.17. The Bertz CT molecular complexity index is 714. The van der Waals surface area contributed by atoms with E-state index in [0.29, 0.717) is 0 Å². The number of benzene rings is 2. The van der Waals surface area contributed by atoms with Crippen molar-refractivity contribution in [3.63, 3.8) is 0 Å². The van der Waals surface area contributed by atoms with E-state index >= 15 is 0 Å². The predicted molar refractivity (Wildman–Crippen MR) is 84.1 cm³/mol. The summed E-state index contributed by atoms with van der Waals surface area (Å²) in [6, 6.07) is 16.7. The molecule has 3 heteroatoms. The van der Waals surface area contributed by atoms with Gasteiger partial charge in [0.25, 0.3) is 0 Å². The number of hydrogen-bond acceptors (Lipinski definition) is 2. The van der Waals surface area contributed by atoms with E-state index in [4.69, 9.17) is 4.98 Å². The molecule has 0 aliphatic heterocycles. The highest BCUT2D eigenvalue weighted by Gasteiger charge is 2.07. The van der Waals surface area contributed by atoms with E-state index in [-0.39, 0.29) is 0 Å². The largest absolute Gasteiger partial charge is 0.385 e. The van der Waals surface area contributed by atoms with Crippen molar-refractivity contribution in [3.05, 3.63) is 59.9 Å². The SMILES string of the molecule is Cc1ccc2c(c1)nc(CCNc1ccccc1)n2C. The first-order chi connectivity index (χ1) is 9.74. The Morgan fingerprint density at radius 1 is 1.10 bits per heavy atom. The average molecular weight is 265 g/mol. The first-order valence-electron chi connectivity index (χ1n) is 6.95. The number of anilines is 1. The molecule has 0 unspecified atom stereocenters. The molecule has 0 spiro atoms. The summed E-state index contributed by atoms with van der Waals surface area (Å²) in [5.74, 6) is 1.12. The molecule has 102 valence electrons. The minimum absolute atomic E-state index is 0.889. The lowest BCUT2D eigenvalue weighted by molar-refractivity contribution is 0.808. The van der Waals surface area contributed by atoms with Gasteiger partial charge in [0, 0.05) is 25.7 Å². The maximum Gasteiger partial charge on any atom is 0.111 e. The molecule has 0 atom stereocenters. The number of fused-ring (bicyclic) bond motifs is 1. The molecule has 0 amide bonds. The van der Waals surface area contributed by atoms with Crippen LogP contribution in [-0.4, -0.2) is 16.1 Å². The monoisotopic (exact) mass is 265 g/mol. The minimum atomic E-state index is 0.889. The van der Waals surface area contributed by atoms with Gasteiger partial charge in [-0.05, 0) is 36.8 Å². The maximum atomic E-state index is 4.73. The standard InChI is InChI=1S/C17H19N3/c1-13-8-9-16-15(12-13)19-17(20(16)2)10-11-18-14-6-4-3-5-7-14/h3-9,12,18H,10-11H2,1-2H3. The lowest BCUT2D eigenvalue weighted by atomic mass is 10.2. The molecule has 3 nitrogen and oxygen atoms in total. The molecule has 0 fully saturated rings. The first-order valence-corrected chi connectivity index (χ1v) is 6.95. The van der Waals surface area contributed by atoms with Gasteiger partial charge in [0.1, 0.15) is 5.82 Å². The van der Waals surface area contributed by atoms with E-state index in [1.165, 1.54) is 11.1 Å². The van der Waals surface area contributed by atoms with Gasteiger partial charge in [-0.15, -0.1) is 0 Å². The molecule has 0 radical (unpaired) electrons. The number of hydrogen-bond donors (Lipinski definition) is 1. The van der Waals surface area contributed by atoms with Crippen LogP contribution in [0.25, 0.3) is 11.0 Å². The van der Waals surface area contributed by atoms with Crippen LogP contribution in [0.2, 0.25) is 0 Å². The molecule has 3 aromatic rings. The molecule has 0 aliphatic carbocycles. The minimum Gasteiger partial charge on any atom is -0.385 e. The third-order valence-electron chi connectivity index (χ3n) is 3.58. The maximum absolute atomic E-state index is 4.73. The van der Waals surface area contributed by atoms with Crippen LogP contribution in [0.1, 0.15) is 11.4 Å². The van der Waals surface area contributed by atoms with Crippen molar-refractivity contribution >= 4 is 16.7 Å². The van der Waals surface area contributed by atoms with E-state index in [1.807, 2.05) is 18.2 Å². The zero-order valence-corrected chi connectivity index (χ0v) is 11.9. The molecule has 1 N–H and O–H groups in total. The van der Waals surface area contributed by atoms with Gasteiger partial charge in [-0.2, -0.15) is 0 Å². The van der Waals surface area contributed by atoms with Gasteiger partial charge in [0.05, 0.1) is 11.0 Å². The third kappa shape index (κ3) is 2.52. The van der Waals surface area contributed by atoms with Crippen molar-refractivity contribution < 1.29 is 0 Å². The van der Waals surface area contributed by atoms with E-state index in [2.05, 4.69) is 54.2 Å². The summed E-state index contributed by atoms with van der Waals surface area (Å²) < 4.78 is 2.18. The van der Waals surface area contributed by atoms with E-state index in [0.717, 1.165) is 30.0 Å². The smallest absolute Gasteiger partial charge is 0.111 e. The zero-order valence-electron chi connectivity index (χ0n) is 11.9. The normalized spacial score (nSPS) is 10.9. The van der Waals surface area contributed by atoms with Crippen molar-refractivity contribution in [2.24, 2.45) is 7.05 Å². The van der Waals surface area contributed by atoms with Crippen molar-refractivity contribution in [1.29, 1.82) is 0 Å². The fourth-order valence-corrected chi connectivity index (χ4v) is 2.46. The summed E-state index contributed by atoms with van der Waals surface area (Å²) in [4.78, 5) is 4.73. The van der Waals surface area contributed by atoms with Gasteiger partial charge in [0.2, 0.25) is 0 Å². The van der Waals surface area contributed by atoms with E-state index in [1.54, 1.807) is 0 Å². The third-order valence-corrected chi connectivity index (χ3v) is 3.58. The molecule has 0 aliphatic rings. The van der Waals surface area contributed by atoms with Crippen LogP contribution < -0.4 is 5.32 Å². The van der Waals surface area contributed by atoms with Crippen LogP contribution in [0.15, 0.2) is 48.5 Å². The lowest BCUT2D eigenvalue weighted by Gasteiger charge is -2.06. The summed E-state index contributed by atoms with van der Waals surface area (Å²) in [6.07, 6.45) is 0.916. The highest BCUT2D eigenvalue weighted by molar-refractivity contribution is 5.76. The summed E-state index contributed by atoms with van der Waals surface area (Å²) >= 11 is 0. The molecule has 2 aromatic carbocycles. The van der Waals surface area contributed by atoms with Gasteiger partial charge < -0.3 is 9.88 Å². The van der Waals surface area contributed by atoms with Crippen LogP contribution in [0, 0.1) is 6.92 Å². The molecule has 1 heterocycles. The lowest BCUT2D eigenvalue weighted by Crippen LogP contribution is -2.08. The number of nitrogens with one attached hydrogen (secondary N) is 1. The Balaban J connectivity index is 1.73. The number of para-hydroxylation sites is 1. The molecule has 0 saturated carbocycles. The Hall–Kier alpha value is -2.29. The average Bonchev–Trinajstić information content (AvgIpc) is 2.76. The second kappa shape index (κ2) is 5.37. The second-order valence-electron chi connectivity index (χ2n) is 5.12. The fourth-order valence-electron chi connectivity index (χ4n) is 2.46. The van der Waals surface area contributed by atoms with Crippen molar-refractivity contribution in [3.8, 4) is 0 Å². The molecular formula is C17H19N3.